The third kappa shape index (κ3) is 28.9. The van der Waals surface area contributed by atoms with Crippen molar-refractivity contribution in [3.05, 3.63) is 0 Å². The van der Waals surface area contributed by atoms with E-state index in [4.69, 9.17) is 0 Å². The van der Waals surface area contributed by atoms with Crippen LogP contribution in [0, 0.1) is 11.8 Å². The van der Waals surface area contributed by atoms with Gasteiger partial charge in [-0.2, -0.15) is 0 Å². The lowest BCUT2D eigenvalue weighted by Gasteiger charge is -2.32. The molecule has 0 amide bonds. The Labute approximate surface area is 316 Å². The van der Waals surface area contributed by atoms with Crippen LogP contribution in [-0.2, 0) is 9.59 Å². The van der Waals surface area contributed by atoms with E-state index < -0.39 is 17.9 Å². The fraction of sp³-hybridized carbons (Fsp3) is 0.953. The second kappa shape index (κ2) is 36.1. The monoisotopic (exact) mass is 760 g/mol. The molecular formula is C43H86BrNO4. The minimum absolute atomic E-state index is 0. The number of quaternary nitrogens is 1. The van der Waals surface area contributed by atoms with Crippen LogP contribution in [0.1, 0.15) is 240 Å². The van der Waals surface area contributed by atoms with E-state index in [0.29, 0.717) is 6.42 Å². The van der Waals surface area contributed by atoms with Gasteiger partial charge in [-0.05, 0) is 19.8 Å². The van der Waals surface area contributed by atoms with Crippen molar-refractivity contribution in [3.63, 3.8) is 0 Å². The van der Waals surface area contributed by atoms with Crippen LogP contribution in [0.25, 0.3) is 0 Å². The van der Waals surface area contributed by atoms with Crippen molar-refractivity contribution in [2.24, 2.45) is 11.8 Å². The average Bonchev–Trinajstić information content (AvgIpc) is 3.07. The van der Waals surface area contributed by atoms with Crippen molar-refractivity contribution >= 4 is 11.6 Å². The van der Waals surface area contributed by atoms with Gasteiger partial charge >= 0.3 is 0 Å². The van der Waals surface area contributed by atoms with Gasteiger partial charge in [0.25, 0.3) is 5.72 Å². The van der Waals surface area contributed by atoms with Gasteiger partial charge < -0.3 is 27.2 Å². The van der Waals surface area contributed by atoms with Crippen molar-refractivity contribution in [2.45, 2.75) is 252 Å². The van der Waals surface area contributed by atoms with Crippen LogP contribution in [0.3, 0.4) is 0 Å². The van der Waals surface area contributed by atoms with E-state index in [2.05, 4.69) is 13.8 Å². The van der Waals surface area contributed by atoms with E-state index in [0.717, 1.165) is 38.5 Å². The maximum atomic E-state index is 13.4. The normalized spacial score (nSPS) is 14.0. The number of ketones is 2. The third-order valence-corrected chi connectivity index (χ3v) is 10.7. The number of Topliss-reactive ketones (excluding diaryl/α,β-unsaturated/α-hetero) is 2. The number of hydrogen-bond acceptors (Lipinski definition) is 4. The highest BCUT2D eigenvalue weighted by atomic mass is 79.9. The van der Waals surface area contributed by atoms with Gasteiger partial charge in [0.1, 0.15) is 11.7 Å². The molecule has 0 aliphatic rings. The minimum Gasteiger partial charge on any atom is -1.00 e. The quantitative estimate of drug-likeness (QED) is 0.0435. The molecule has 0 bridgehead atoms. The summed E-state index contributed by atoms with van der Waals surface area (Å²) >= 11 is 0. The van der Waals surface area contributed by atoms with Crippen LogP contribution in [0.5, 0.6) is 0 Å². The van der Waals surface area contributed by atoms with Crippen LogP contribution in [-0.4, -0.2) is 33.7 Å². The maximum absolute atomic E-state index is 13.4. The summed E-state index contributed by atoms with van der Waals surface area (Å²) in [5.74, 6) is -1.34. The molecule has 3 atom stereocenters. The summed E-state index contributed by atoms with van der Waals surface area (Å²) in [6.07, 6.45) is 37.8. The first kappa shape index (κ1) is 50.8. The second-order valence-corrected chi connectivity index (χ2v) is 15.7. The summed E-state index contributed by atoms with van der Waals surface area (Å²) in [6.45, 7) is 9.95. The first-order valence-corrected chi connectivity index (χ1v) is 21.5. The molecule has 0 rings (SSSR count). The highest BCUT2D eigenvalue weighted by Crippen LogP contribution is 2.21. The number of rotatable bonds is 38. The van der Waals surface area contributed by atoms with Crippen molar-refractivity contribution in [3.8, 4) is 0 Å². The second-order valence-electron chi connectivity index (χ2n) is 15.7. The molecule has 4 N–H and O–H groups in total. The summed E-state index contributed by atoms with van der Waals surface area (Å²) < 4.78 is 0. The molecule has 0 spiro atoms. The molecule has 5 nitrogen and oxygen atoms in total. The highest BCUT2D eigenvalue weighted by Gasteiger charge is 2.49. The molecule has 6 heteroatoms. The van der Waals surface area contributed by atoms with Gasteiger partial charge in [-0.15, -0.1) is 0 Å². The number of aliphatic hydroxyl groups is 2. The van der Waals surface area contributed by atoms with Gasteiger partial charge in [0.05, 0.1) is 0 Å². The maximum Gasteiger partial charge on any atom is 0.269 e. The highest BCUT2D eigenvalue weighted by molar-refractivity contribution is 5.92. The van der Waals surface area contributed by atoms with E-state index in [1.165, 1.54) is 159 Å². The molecule has 0 saturated carbocycles. The molecule has 294 valence electrons. The SMILES string of the molecule is CCCCCCCCCCCCCCCCCC(=O)C(C)C(O)([NH2+]C(O)C(C)C)C(=O)CCCCCCCCCCCCCCCCC.[Br-]. The number of aliphatic hydroxyl groups excluding tert-OH is 1. The summed E-state index contributed by atoms with van der Waals surface area (Å²) in [4.78, 5) is 26.5. The van der Waals surface area contributed by atoms with Crippen LogP contribution >= 0.6 is 0 Å². The zero-order valence-electron chi connectivity index (χ0n) is 33.5. The van der Waals surface area contributed by atoms with Gasteiger partial charge in [-0.1, -0.05) is 207 Å². The molecule has 3 unspecified atom stereocenters. The smallest absolute Gasteiger partial charge is 0.269 e. The Kier molecular flexibility index (Phi) is 37.4. The molecule has 0 aromatic carbocycles. The fourth-order valence-corrected chi connectivity index (χ4v) is 6.92. The van der Waals surface area contributed by atoms with Crippen molar-refractivity contribution in [2.75, 3.05) is 0 Å². The van der Waals surface area contributed by atoms with Gasteiger partial charge in [0.2, 0.25) is 5.78 Å². The largest absolute Gasteiger partial charge is 1.00 e. The van der Waals surface area contributed by atoms with Gasteiger partial charge in [0.15, 0.2) is 6.23 Å². The van der Waals surface area contributed by atoms with E-state index in [-0.39, 0.29) is 40.9 Å². The fourth-order valence-electron chi connectivity index (χ4n) is 6.92. The molecule has 0 saturated heterocycles. The Morgan fingerprint density at radius 2 is 0.755 bits per heavy atom. The number of unbranched alkanes of at least 4 members (excludes halogenated alkanes) is 28. The first-order chi connectivity index (χ1) is 23.2. The Hall–Kier alpha value is -0.300. The minimum atomic E-state index is -1.90. The third-order valence-electron chi connectivity index (χ3n) is 10.7. The lowest BCUT2D eigenvalue weighted by molar-refractivity contribution is -0.813. The van der Waals surface area contributed by atoms with Crippen LogP contribution < -0.4 is 22.3 Å². The number of hydrogen-bond donors (Lipinski definition) is 3. The molecule has 0 aromatic rings. The molecule has 49 heavy (non-hydrogen) atoms. The number of halogens is 1. The molecule has 0 aromatic heterocycles. The molecule has 0 heterocycles. The van der Waals surface area contributed by atoms with Gasteiger partial charge in [0, 0.05) is 18.8 Å². The molecule has 0 fully saturated rings. The van der Waals surface area contributed by atoms with Crippen LogP contribution in [0.15, 0.2) is 0 Å². The number of carbonyl (C=O) groups excluding carboxylic acids is 2. The Bertz CT molecular complexity index is 733. The Morgan fingerprint density at radius 3 is 1.04 bits per heavy atom. The van der Waals surface area contributed by atoms with Crippen LogP contribution in [0.2, 0.25) is 0 Å². The Morgan fingerprint density at radius 1 is 0.490 bits per heavy atom. The molecular weight excluding hydrogens is 674 g/mol. The zero-order valence-corrected chi connectivity index (χ0v) is 35.1. The zero-order chi connectivity index (χ0) is 35.7. The summed E-state index contributed by atoms with van der Waals surface area (Å²) in [6, 6.07) is 0. The summed E-state index contributed by atoms with van der Waals surface area (Å²) in [5.41, 5.74) is -1.90. The van der Waals surface area contributed by atoms with E-state index in [9.17, 15) is 19.8 Å². The first-order valence-electron chi connectivity index (χ1n) is 21.5. The summed E-state index contributed by atoms with van der Waals surface area (Å²) in [7, 11) is 0. The van der Waals surface area contributed by atoms with E-state index in [1.807, 2.05) is 13.8 Å². The number of carbonyl (C=O) groups is 2. The standard InChI is InChI=1S/C43H85NO4.BrH/c1-6-8-10-12-14-16-18-20-22-24-26-28-30-32-34-36-40(45)39(5)43(48,44-42(47)38(3)4)41(46)37-35-33-31-29-27-25-23-21-19-17-15-13-11-9-7-2;/h38-39,42,44,47-48H,6-37H2,1-5H3;1H. The van der Waals surface area contributed by atoms with Crippen molar-refractivity contribution in [1.29, 1.82) is 0 Å². The predicted octanol–water partition coefficient (Wildman–Crippen LogP) is 8.51. The lowest BCUT2D eigenvalue weighted by atomic mass is 9.85. The summed E-state index contributed by atoms with van der Waals surface area (Å²) in [5, 5.41) is 23.5. The van der Waals surface area contributed by atoms with Crippen LogP contribution in [0.4, 0.5) is 0 Å². The molecule has 0 aliphatic heterocycles. The average molecular weight is 761 g/mol. The van der Waals surface area contributed by atoms with Gasteiger partial charge in [-0.3, -0.25) is 14.9 Å². The topological polar surface area (TPSA) is 91.2 Å². The van der Waals surface area contributed by atoms with Crippen molar-refractivity contribution in [1.82, 2.24) is 0 Å². The van der Waals surface area contributed by atoms with Gasteiger partial charge in [-0.25, -0.2) is 0 Å². The number of nitrogens with two attached hydrogens (primary N) is 1. The molecule has 0 radical (unpaired) electrons. The molecule has 0 aliphatic carbocycles. The lowest BCUT2D eigenvalue weighted by Crippen LogP contribution is -3.05. The van der Waals surface area contributed by atoms with E-state index in [1.54, 1.807) is 6.92 Å². The van der Waals surface area contributed by atoms with E-state index >= 15 is 0 Å². The predicted molar refractivity (Wildman–Crippen MR) is 206 cm³/mol. The Balaban J connectivity index is 0. The van der Waals surface area contributed by atoms with Crippen molar-refractivity contribution < 1.29 is 42.1 Å².